The van der Waals surface area contributed by atoms with Gasteiger partial charge in [-0.2, -0.15) is 10.5 Å². The Bertz CT molecular complexity index is 2610. The molecule has 0 saturated carbocycles. The van der Waals surface area contributed by atoms with E-state index in [-0.39, 0.29) is 0 Å². The second-order valence-corrected chi connectivity index (χ2v) is 12.2. The fourth-order valence-electron chi connectivity index (χ4n) is 7.51. The van der Waals surface area contributed by atoms with Crippen molar-refractivity contribution in [3.05, 3.63) is 143 Å². The maximum atomic E-state index is 10.0. The molecule has 0 unspecified atom stereocenters. The first-order valence-electron chi connectivity index (χ1n) is 15.5. The van der Waals surface area contributed by atoms with E-state index in [1.165, 1.54) is 33.3 Å². The summed E-state index contributed by atoms with van der Waals surface area (Å²) >= 11 is 0. The summed E-state index contributed by atoms with van der Waals surface area (Å²) in [4.78, 5) is 0. The molecule has 0 aliphatic heterocycles. The third-order valence-corrected chi connectivity index (χ3v) is 9.47. The third-order valence-electron chi connectivity index (χ3n) is 9.47. The van der Waals surface area contributed by atoms with Crippen molar-refractivity contribution in [3.63, 3.8) is 0 Å². The molecule has 0 fully saturated rings. The van der Waals surface area contributed by atoms with Gasteiger partial charge in [0.2, 0.25) is 0 Å². The van der Waals surface area contributed by atoms with Crippen molar-refractivity contribution < 1.29 is 0 Å². The summed E-state index contributed by atoms with van der Waals surface area (Å²) in [6, 6.07) is 42.7. The van der Waals surface area contributed by atoms with Crippen molar-refractivity contribution in [3.8, 4) is 34.6 Å². The van der Waals surface area contributed by atoms with Gasteiger partial charge in [-0.15, -0.1) is 0 Å². The van der Waals surface area contributed by atoms with Crippen molar-refractivity contribution in [1.29, 1.82) is 10.5 Å². The number of benzene rings is 6. The Morgan fingerprint density at radius 3 is 1.59 bits per heavy atom. The summed E-state index contributed by atoms with van der Waals surface area (Å²) in [6.45, 7) is 8.72. The van der Waals surface area contributed by atoms with Gasteiger partial charge in [-0.05, 0) is 85.8 Å². The monoisotopic (exact) mass is 590 g/mol. The molecular formula is C42H30N4. The molecule has 0 amide bonds. The fraction of sp³-hybridized carbons (Fsp3) is 0.0952. The van der Waals surface area contributed by atoms with Gasteiger partial charge in [0.25, 0.3) is 0 Å². The highest BCUT2D eigenvalue weighted by atomic mass is 15.0. The van der Waals surface area contributed by atoms with Gasteiger partial charge in [0.1, 0.15) is 12.1 Å². The smallest absolute Gasteiger partial charge is 0.101 e. The molecule has 0 spiro atoms. The molecule has 46 heavy (non-hydrogen) atoms. The molecule has 218 valence electrons. The largest absolute Gasteiger partial charge is 0.308 e. The van der Waals surface area contributed by atoms with Gasteiger partial charge in [0, 0.05) is 27.1 Å². The average molecular weight is 591 g/mol. The maximum Gasteiger partial charge on any atom is 0.101 e. The van der Waals surface area contributed by atoms with Crippen LogP contribution in [0.5, 0.6) is 0 Å². The molecule has 8 rings (SSSR count). The molecule has 0 aliphatic carbocycles. The molecule has 0 N–H and O–H groups in total. The molecule has 4 heteroatoms. The van der Waals surface area contributed by atoms with E-state index in [1.54, 1.807) is 6.07 Å². The Labute approximate surface area is 267 Å². The third kappa shape index (κ3) is 3.78. The van der Waals surface area contributed by atoms with Gasteiger partial charge in [-0.25, -0.2) is 0 Å². The summed E-state index contributed by atoms with van der Waals surface area (Å²) in [5.74, 6) is 0. The number of fused-ring (bicyclic) bond motifs is 7. The topological polar surface area (TPSA) is 57.4 Å². The number of nitriles is 2. The molecule has 2 aromatic heterocycles. The summed E-state index contributed by atoms with van der Waals surface area (Å²) in [6.07, 6.45) is 0. The molecule has 0 bridgehead atoms. The van der Waals surface area contributed by atoms with Crippen LogP contribution in [0.1, 0.15) is 33.4 Å². The molecule has 2 heterocycles. The van der Waals surface area contributed by atoms with Gasteiger partial charge in [0.05, 0.1) is 44.6 Å². The molecule has 0 atom stereocenters. The molecule has 0 radical (unpaired) electrons. The van der Waals surface area contributed by atoms with Gasteiger partial charge >= 0.3 is 0 Å². The van der Waals surface area contributed by atoms with Crippen LogP contribution in [0, 0.1) is 50.4 Å². The van der Waals surface area contributed by atoms with E-state index in [1.807, 2.05) is 12.1 Å². The van der Waals surface area contributed by atoms with Crippen LogP contribution < -0.4 is 0 Å². The average Bonchev–Trinajstić information content (AvgIpc) is 3.57. The van der Waals surface area contributed by atoms with E-state index in [4.69, 9.17) is 0 Å². The van der Waals surface area contributed by atoms with Crippen LogP contribution in [0.25, 0.3) is 66.1 Å². The zero-order valence-corrected chi connectivity index (χ0v) is 26.2. The molecule has 6 aromatic carbocycles. The minimum atomic E-state index is 0.376. The van der Waals surface area contributed by atoms with Crippen LogP contribution in [-0.4, -0.2) is 9.13 Å². The summed E-state index contributed by atoms with van der Waals surface area (Å²) in [5.41, 5.74) is 14.3. The van der Waals surface area contributed by atoms with E-state index < -0.39 is 0 Å². The quantitative estimate of drug-likeness (QED) is 0.206. The highest BCUT2D eigenvalue weighted by molar-refractivity contribution is 6.29. The number of para-hydroxylation sites is 4. The first-order chi connectivity index (χ1) is 22.4. The van der Waals surface area contributed by atoms with Crippen LogP contribution in [0.15, 0.2) is 109 Å². The van der Waals surface area contributed by atoms with E-state index in [0.29, 0.717) is 11.1 Å². The number of aryl methyl sites for hydroxylation is 4. The molecule has 0 saturated heterocycles. The Balaban J connectivity index is 1.71. The lowest BCUT2D eigenvalue weighted by molar-refractivity contribution is 1.12. The standard InChI is InChI=1S/C42H30N4/c1-25-11-9-12-26(2)39(25)45-36-17-7-5-15-32(36)35-22-34(29-19-20-30(23-43)31(21-29)24-44)41-38(42(35)45)33-16-6-8-18-37(33)46(41)40-27(3)13-10-14-28(40)4/h5-22H,1-4H3. The zero-order chi connectivity index (χ0) is 31.7. The van der Waals surface area contributed by atoms with E-state index in [0.717, 1.165) is 55.0 Å². The number of rotatable bonds is 3. The number of aromatic nitrogens is 2. The van der Waals surface area contributed by atoms with Crippen LogP contribution in [-0.2, 0) is 0 Å². The van der Waals surface area contributed by atoms with Crippen LogP contribution in [0.4, 0.5) is 0 Å². The lowest BCUT2D eigenvalue weighted by Gasteiger charge is -2.18. The number of nitrogens with zero attached hydrogens (tertiary/aromatic N) is 4. The molecule has 8 aromatic rings. The lowest BCUT2D eigenvalue weighted by Crippen LogP contribution is -2.02. The Morgan fingerprint density at radius 1 is 0.478 bits per heavy atom. The van der Waals surface area contributed by atoms with Crippen LogP contribution in [0.3, 0.4) is 0 Å². The predicted molar refractivity (Wildman–Crippen MR) is 189 cm³/mol. The summed E-state index contributed by atoms with van der Waals surface area (Å²) in [7, 11) is 0. The first kappa shape index (κ1) is 27.4. The second-order valence-electron chi connectivity index (χ2n) is 12.2. The van der Waals surface area contributed by atoms with Crippen molar-refractivity contribution >= 4 is 43.6 Å². The van der Waals surface area contributed by atoms with Crippen molar-refractivity contribution in [2.45, 2.75) is 27.7 Å². The van der Waals surface area contributed by atoms with Crippen molar-refractivity contribution in [2.24, 2.45) is 0 Å². The maximum absolute atomic E-state index is 10.0. The highest BCUT2D eigenvalue weighted by Crippen LogP contribution is 2.47. The summed E-state index contributed by atoms with van der Waals surface area (Å²) in [5, 5.41) is 24.4. The van der Waals surface area contributed by atoms with Crippen LogP contribution >= 0.6 is 0 Å². The van der Waals surface area contributed by atoms with Crippen molar-refractivity contribution in [2.75, 3.05) is 0 Å². The lowest BCUT2D eigenvalue weighted by atomic mass is 9.95. The Hall–Kier alpha value is -6.10. The van der Waals surface area contributed by atoms with Crippen LogP contribution in [0.2, 0.25) is 0 Å². The zero-order valence-electron chi connectivity index (χ0n) is 26.2. The second kappa shape index (κ2) is 10.2. The minimum Gasteiger partial charge on any atom is -0.308 e. The molecular weight excluding hydrogens is 560 g/mol. The summed E-state index contributed by atoms with van der Waals surface area (Å²) < 4.78 is 4.88. The van der Waals surface area contributed by atoms with Gasteiger partial charge in [-0.3, -0.25) is 0 Å². The van der Waals surface area contributed by atoms with Gasteiger partial charge < -0.3 is 9.13 Å². The normalized spacial score (nSPS) is 11.4. The minimum absolute atomic E-state index is 0.376. The Morgan fingerprint density at radius 2 is 1.00 bits per heavy atom. The Kier molecular flexibility index (Phi) is 6.11. The van der Waals surface area contributed by atoms with E-state index in [9.17, 15) is 10.5 Å². The number of hydrogen-bond donors (Lipinski definition) is 0. The predicted octanol–water partition coefficient (Wildman–Crippen LogP) is 10.5. The SMILES string of the molecule is Cc1cccc(C)c1-n1c2ccccc2c2c1c(-c1ccc(C#N)c(C#N)c1)cc1c3ccccc3n(-c3c(C)cccc3C)c12. The van der Waals surface area contributed by atoms with E-state index >= 15 is 0 Å². The molecule has 4 nitrogen and oxygen atoms in total. The number of hydrogen-bond acceptors (Lipinski definition) is 2. The fourth-order valence-corrected chi connectivity index (χ4v) is 7.51. The van der Waals surface area contributed by atoms with E-state index in [2.05, 4.69) is 140 Å². The van der Waals surface area contributed by atoms with Crippen molar-refractivity contribution in [1.82, 2.24) is 9.13 Å². The van der Waals surface area contributed by atoms with Gasteiger partial charge in [-0.1, -0.05) is 78.9 Å². The molecule has 0 aliphatic rings. The highest BCUT2D eigenvalue weighted by Gasteiger charge is 2.26. The van der Waals surface area contributed by atoms with Gasteiger partial charge in [0.15, 0.2) is 0 Å². The first-order valence-corrected chi connectivity index (χ1v) is 15.5.